The summed E-state index contributed by atoms with van der Waals surface area (Å²) in [5, 5.41) is 8.92. The number of carbonyl (C=O) groups excluding carboxylic acids is 1. The van der Waals surface area contributed by atoms with Gasteiger partial charge in [0, 0.05) is 34.7 Å². The Morgan fingerprint density at radius 3 is 2.88 bits per heavy atom. The van der Waals surface area contributed by atoms with Gasteiger partial charge in [0.25, 0.3) is 0 Å². The van der Waals surface area contributed by atoms with E-state index < -0.39 is 12.0 Å². The zero-order chi connectivity index (χ0) is 12.1. The Morgan fingerprint density at radius 1 is 1.62 bits per heavy atom. The SMILES string of the molecule is C[C@@H](CS[15N]=O)C(=O)N1CCC[C@H]1C(=O)O. The molecule has 1 saturated heterocycles. The Morgan fingerprint density at radius 2 is 2.31 bits per heavy atom. The zero-order valence-electron chi connectivity index (χ0n) is 8.96. The molecule has 0 bridgehead atoms. The van der Waals surface area contributed by atoms with Crippen molar-refractivity contribution in [2.24, 2.45) is 10.5 Å². The maximum absolute atomic E-state index is 11.9. The van der Waals surface area contributed by atoms with E-state index in [0.29, 0.717) is 25.1 Å². The van der Waals surface area contributed by atoms with E-state index in [1.165, 1.54) is 4.90 Å². The quantitative estimate of drug-likeness (QED) is 0.447. The summed E-state index contributed by atoms with van der Waals surface area (Å²) in [7, 11) is 0. The van der Waals surface area contributed by atoms with Crippen LogP contribution in [-0.2, 0) is 9.59 Å². The molecule has 0 aromatic heterocycles. The van der Waals surface area contributed by atoms with Crippen LogP contribution < -0.4 is 0 Å². The predicted octanol–water partition coefficient (Wildman–Crippen LogP) is 1.11. The number of nitrogens with zero attached hydrogens (tertiary/aromatic N) is 2. The highest BCUT2D eigenvalue weighted by atomic mass is 32.2. The van der Waals surface area contributed by atoms with Crippen molar-refractivity contribution >= 4 is 23.8 Å². The van der Waals surface area contributed by atoms with Crippen LogP contribution in [0.4, 0.5) is 0 Å². The fraction of sp³-hybridized carbons (Fsp3) is 0.778. The smallest absolute Gasteiger partial charge is 0.326 e. The summed E-state index contributed by atoms with van der Waals surface area (Å²) >= 11 is 0.787. The fourth-order valence-electron chi connectivity index (χ4n) is 1.78. The molecule has 1 heterocycles. The van der Waals surface area contributed by atoms with Crippen LogP contribution >= 0.6 is 11.9 Å². The highest BCUT2D eigenvalue weighted by Gasteiger charge is 2.35. The molecule has 90 valence electrons. The van der Waals surface area contributed by atoms with E-state index in [0.717, 1.165) is 11.9 Å². The molecule has 1 aliphatic rings. The molecular weight excluding hydrogens is 233 g/mol. The minimum Gasteiger partial charge on any atom is -0.480 e. The number of nitroso groups, excluding NO2 is 1. The number of hydrogen-bond acceptors (Lipinski definition) is 5. The number of carboxylic acid groups (broad SMARTS) is 1. The van der Waals surface area contributed by atoms with Gasteiger partial charge in [-0.3, -0.25) is 4.79 Å². The summed E-state index contributed by atoms with van der Waals surface area (Å²) < 4.78 is 2.62. The van der Waals surface area contributed by atoms with Gasteiger partial charge in [-0.1, -0.05) is 6.92 Å². The van der Waals surface area contributed by atoms with E-state index in [-0.39, 0.29) is 11.8 Å². The molecular formula is C9H14N2O4S. The van der Waals surface area contributed by atoms with Crippen LogP contribution in [0.1, 0.15) is 19.8 Å². The van der Waals surface area contributed by atoms with Crippen LogP contribution in [0.5, 0.6) is 0 Å². The summed E-state index contributed by atoms with van der Waals surface area (Å²) in [5.41, 5.74) is 0. The van der Waals surface area contributed by atoms with Gasteiger partial charge in [0.1, 0.15) is 6.04 Å². The topological polar surface area (TPSA) is 87.0 Å². The monoisotopic (exact) mass is 247 g/mol. The Kier molecular flexibility index (Phi) is 4.72. The molecule has 0 radical (unpaired) electrons. The van der Waals surface area contributed by atoms with Gasteiger partial charge in [0.15, 0.2) is 0 Å². The van der Waals surface area contributed by atoms with Crippen molar-refractivity contribution in [1.82, 2.24) is 4.90 Å². The lowest BCUT2D eigenvalue weighted by Crippen LogP contribution is -2.43. The molecule has 16 heavy (non-hydrogen) atoms. The summed E-state index contributed by atoms with van der Waals surface area (Å²) in [4.78, 5) is 34.1. The molecule has 6 nitrogen and oxygen atoms in total. The third kappa shape index (κ3) is 2.94. The zero-order valence-corrected chi connectivity index (χ0v) is 9.77. The standard InChI is InChI=1S/C9H14N2O4S/c1-6(5-16-10-15)8(12)11-4-2-3-7(11)9(13)14/h6-7H,2-5H2,1H3,(H,13,14)/t6-,7-/m0/s1/i10+1. The normalized spacial score (nSPS) is 21.8. The van der Waals surface area contributed by atoms with Gasteiger partial charge in [-0.15, -0.1) is 4.91 Å². The molecule has 1 rings (SSSR count). The molecule has 0 spiro atoms. The van der Waals surface area contributed by atoms with Crippen molar-refractivity contribution in [2.75, 3.05) is 12.3 Å². The van der Waals surface area contributed by atoms with Crippen LogP contribution in [0, 0.1) is 10.8 Å². The maximum Gasteiger partial charge on any atom is 0.326 e. The molecule has 0 aliphatic carbocycles. The molecule has 1 N–H and O–H groups in total. The second-order valence-electron chi connectivity index (χ2n) is 3.80. The molecule has 0 saturated carbocycles. The average molecular weight is 247 g/mol. The Labute approximate surface area is 97.5 Å². The third-order valence-electron chi connectivity index (χ3n) is 2.62. The van der Waals surface area contributed by atoms with Crippen LogP contribution in [0.25, 0.3) is 0 Å². The lowest BCUT2D eigenvalue weighted by Gasteiger charge is -2.24. The molecule has 7 heteroatoms. The van der Waals surface area contributed by atoms with Crippen molar-refractivity contribution in [1.29, 1.82) is 0 Å². The summed E-state index contributed by atoms with van der Waals surface area (Å²) in [5.74, 6) is -1.24. The van der Waals surface area contributed by atoms with Crippen molar-refractivity contribution < 1.29 is 14.7 Å². The van der Waals surface area contributed by atoms with E-state index in [2.05, 4.69) is 4.58 Å². The van der Waals surface area contributed by atoms with E-state index in [1.807, 2.05) is 0 Å². The van der Waals surface area contributed by atoms with Crippen molar-refractivity contribution in [3.63, 3.8) is 0 Å². The van der Waals surface area contributed by atoms with Crippen LogP contribution in [0.2, 0.25) is 0 Å². The summed E-state index contributed by atoms with van der Waals surface area (Å²) in [6.45, 7) is 2.16. The maximum atomic E-state index is 11.9. The molecule has 2 atom stereocenters. The number of rotatable bonds is 5. The Balaban J connectivity index is 2.58. The number of carboxylic acids is 1. The molecule has 1 aliphatic heterocycles. The second-order valence-corrected chi connectivity index (χ2v) is 4.54. The average Bonchev–Trinajstić information content (AvgIpc) is 2.73. The second kappa shape index (κ2) is 5.83. The number of carbonyl (C=O) groups is 2. The van der Waals surface area contributed by atoms with Gasteiger partial charge in [-0.2, -0.15) is 0 Å². The fourth-order valence-corrected chi connectivity index (χ4v) is 2.21. The minimum atomic E-state index is -0.959. The summed E-state index contributed by atoms with van der Waals surface area (Å²) in [6.07, 6.45) is 1.22. The molecule has 1 fully saturated rings. The molecule has 0 aromatic rings. The van der Waals surface area contributed by atoms with E-state index in [9.17, 15) is 14.5 Å². The highest BCUT2D eigenvalue weighted by Crippen LogP contribution is 2.21. The van der Waals surface area contributed by atoms with Crippen molar-refractivity contribution in [3.05, 3.63) is 4.91 Å². The lowest BCUT2D eigenvalue weighted by atomic mass is 10.1. The lowest BCUT2D eigenvalue weighted by molar-refractivity contribution is -0.149. The molecule has 1 amide bonds. The van der Waals surface area contributed by atoms with Crippen LogP contribution in [0.3, 0.4) is 0 Å². The van der Waals surface area contributed by atoms with Gasteiger partial charge < -0.3 is 10.0 Å². The first kappa shape index (κ1) is 13.0. The van der Waals surface area contributed by atoms with E-state index in [4.69, 9.17) is 5.11 Å². The summed E-state index contributed by atoms with van der Waals surface area (Å²) in [6, 6.07) is -0.704. The number of amides is 1. The van der Waals surface area contributed by atoms with Crippen molar-refractivity contribution in [2.45, 2.75) is 25.8 Å². The minimum absolute atomic E-state index is 0.207. The number of aliphatic carboxylic acids is 1. The van der Waals surface area contributed by atoms with Crippen LogP contribution in [-0.4, -0.2) is 40.2 Å². The number of likely N-dealkylation sites (tertiary alicyclic amines) is 1. The Bertz CT molecular complexity index is 297. The van der Waals surface area contributed by atoms with E-state index >= 15 is 0 Å². The first-order valence-electron chi connectivity index (χ1n) is 5.05. The third-order valence-corrected chi connectivity index (χ3v) is 3.37. The predicted molar refractivity (Wildman–Crippen MR) is 59.8 cm³/mol. The molecule has 0 unspecified atom stereocenters. The number of hydrogen-bond donors (Lipinski definition) is 1. The van der Waals surface area contributed by atoms with Crippen LogP contribution in [0.15, 0.2) is 4.58 Å². The van der Waals surface area contributed by atoms with Gasteiger partial charge in [0.05, 0.1) is 0 Å². The first-order chi connectivity index (χ1) is 7.57. The van der Waals surface area contributed by atoms with Gasteiger partial charge >= 0.3 is 5.97 Å². The highest BCUT2D eigenvalue weighted by molar-refractivity contribution is 7.97. The van der Waals surface area contributed by atoms with E-state index in [1.54, 1.807) is 6.92 Å². The largest absolute Gasteiger partial charge is 0.480 e. The first-order valence-corrected chi connectivity index (χ1v) is 6.00. The van der Waals surface area contributed by atoms with Gasteiger partial charge in [0.2, 0.25) is 5.91 Å². The van der Waals surface area contributed by atoms with Gasteiger partial charge in [-0.25, -0.2) is 4.79 Å². The van der Waals surface area contributed by atoms with Gasteiger partial charge in [-0.05, 0) is 12.8 Å². The Hall–Kier alpha value is -1.11. The molecule has 0 aromatic carbocycles. The van der Waals surface area contributed by atoms with Crippen molar-refractivity contribution in [3.8, 4) is 0 Å².